The molecule has 0 aliphatic heterocycles. The minimum atomic E-state index is 0.590. The first-order valence-electron chi connectivity index (χ1n) is 6.15. The van der Waals surface area contributed by atoms with Crippen LogP contribution in [0, 0.1) is 12.8 Å². The average Bonchev–Trinajstić information content (AvgIpc) is 2.74. The van der Waals surface area contributed by atoms with Crippen molar-refractivity contribution in [3.8, 4) is 0 Å². The topological polar surface area (TPSA) is 50.9 Å². The molecule has 1 heterocycles. The van der Waals surface area contributed by atoms with E-state index in [4.69, 9.17) is 5.73 Å². The molecule has 2 unspecified atom stereocenters. The zero-order valence-corrected chi connectivity index (χ0v) is 9.95. The number of hydrogen-bond donors (Lipinski definition) is 2. The van der Waals surface area contributed by atoms with Gasteiger partial charge in [0.15, 0.2) is 0 Å². The van der Waals surface area contributed by atoms with Gasteiger partial charge in [-0.25, -0.2) is 0 Å². The van der Waals surface area contributed by atoms with E-state index < -0.39 is 0 Å². The fourth-order valence-electron chi connectivity index (χ4n) is 2.52. The predicted octanol–water partition coefficient (Wildman–Crippen LogP) is 1.61. The van der Waals surface area contributed by atoms with Gasteiger partial charge in [0.25, 0.3) is 0 Å². The van der Waals surface area contributed by atoms with Crippen LogP contribution in [0.2, 0.25) is 0 Å². The maximum Gasteiger partial charge on any atom is 0.0544 e. The van der Waals surface area contributed by atoms with Crippen LogP contribution in [-0.4, -0.2) is 17.6 Å². The normalized spacial score (nSPS) is 24.9. The lowest BCUT2D eigenvalue weighted by atomic mass is 10.0. The summed E-state index contributed by atoms with van der Waals surface area (Å²) in [7, 11) is 0. The van der Waals surface area contributed by atoms with Crippen LogP contribution in [0.15, 0.2) is 18.2 Å². The van der Waals surface area contributed by atoms with Crippen molar-refractivity contribution in [1.29, 1.82) is 0 Å². The van der Waals surface area contributed by atoms with E-state index in [1.54, 1.807) is 0 Å². The third-order valence-electron chi connectivity index (χ3n) is 3.45. The molecule has 3 nitrogen and oxygen atoms in total. The predicted molar refractivity (Wildman–Crippen MR) is 66.0 cm³/mol. The molecule has 0 amide bonds. The fraction of sp³-hybridized carbons (Fsp3) is 0.615. The van der Waals surface area contributed by atoms with E-state index in [0.717, 1.165) is 24.5 Å². The lowest BCUT2D eigenvalue weighted by Gasteiger charge is -2.19. The maximum atomic E-state index is 5.76. The molecule has 0 aromatic carbocycles. The number of rotatable bonds is 4. The summed E-state index contributed by atoms with van der Waals surface area (Å²) in [5.74, 6) is 0.657. The highest BCUT2D eigenvalue weighted by Gasteiger charge is 2.25. The Kier molecular flexibility index (Phi) is 3.91. The Hall–Kier alpha value is -0.930. The SMILES string of the molecule is Cc1cccc(CNC2CCCC2CN)n1. The van der Waals surface area contributed by atoms with E-state index in [2.05, 4.69) is 22.4 Å². The van der Waals surface area contributed by atoms with Gasteiger partial charge in [-0.05, 0) is 44.4 Å². The largest absolute Gasteiger partial charge is 0.330 e. The highest BCUT2D eigenvalue weighted by molar-refractivity contribution is 5.09. The summed E-state index contributed by atoms with van der Waals surface area (Å²) < 4.78 is 0. The number of hydrogen-bond acceptors (Lipinski definition) is 3. The van der Waals surface area contributed by atoms with E-state index in [1.165, 1.54) is 19.3 Å². The molecule has 1 aromatic rings. The van der Waals surface area contributed by atoms with Crippen molar-refractivity contribution in [3.63, 3.8) is 0 Å². The van der Waals surface area contributed by atoms with E-state index >= 15 is 0 Å². The van der Waals surface area contributed by atoms with Crippen LogP contribution in [0.1, 0.15) is 30.7 Å². The van der Waals surface area contributed by atoms with Gasteiger partial charge in [0, 0.05) is 18.3 Å². The van der Waals surface area contributed by atoms with E-state index in [1.807, 2.05) is 13.0 Å². The van der Waals surface area contributed by atoms with Crippen LogP contribution < -0.4 is 11.1 Å². The molecule has 1 saturated carbocycles. The van der Waals surface area contributed by atoms with Crippen LogP contribution in [0.25, 0.3) is 0 Å². The maximum absolute atomic E-state index is 5.76. The quantitative estimate of drug-likeness (QED) is 0.809. The number of nitrogens with two attached hydrogens (primary N) is 1. The zero-order valence-electron chi connectivity index (χ0n) is 9.95. The van der Waals surface area contributed by atoms with E-state index in [0.29, 0.717) is 12.0 Å². The van der Waals surface area contributed by atoms with Crippen molar-refractivity contribution in [2.24, 2.45) is 11.7 Å². The fourth-order valence-corrected chi connectivity index (χ4v) is 2.52. The van der Waals surface area contributed by atoms with Gasteiger partial charge in [-0.3, -0.25) is 4.98 Å². The van der Waals surface area contributed by atoms with Gasteiger partial charge in [0.05, 0.1) is 5.69 Å². The van der Waals surface area contributed by atoms with E-state index in [-0.39, 0.29) is 0 Å². The van der Waals surface area contributed by atoms with Crippen molar-refractivity contribution in [3.05, 3.63) is 29.6 Å². The third kappa shape index (κ3) is 2.80. The summed E-state index contributed by atoms with van der Waals surface area (Å²) in [5, 5.41) is 3.58. The van der Waals surface area contributed by atoms with Gasteiger partial charge in [-0.2, -0.15) is 0 Å². The molecule has 1 aliphatic rings. The van der Waals surface area contributed by atoms with Crippen LogP contribution in [0.5, 0.6) is 0 Å². The molecular formula is C13H21N3. The molecule has 88 valence electrons. The molecule has 0 bridgehead atoms. The summed E-state index contributed by atoms with van der Waals surface area (Å²) in [5.41, 5.74) is 7.97. The number of nitrogens with zero attached hydrogens (tertiary/aromatic N) is 1. The summed E-state index contributed by atoms with van der Waals surface area (Å²) in [6.45, 7) is 3.70. The van der Waals surface area contributed by atoms with Gasteiger partial charge in [-0.15, -0.1) is 0 Å². The molecule has 3 N–H and O–H groups in total. The van der Waals surface area contributed by atoms with Crippen molar-refractivity contribution >= 4 is 0 Å². The van der Waals surface area contributed by atoms with Crippen LogP contribution >= 0.6 is 0 Å². The second kappa shape index (κ2) is 5.41. The summed E-state index contributed by atoms with van der Waals surface area (Å²) in [6, 6.07) is 6.76. The number of pyridine rings is 1. The second-order valence-electron chi connectivity index (χ2n) is 4.68. The lowest BCUT2D eigenvalue weighted by Crippen LogP contribution is -2.35. The number of aryl methyl sites for hydroxylation is 1. The molecule has 1 fully saturated rings. The highest BCUT2D eigenvalue weighted by Crippen LogP contribution is 2.24. The van der Waals surface area contributed by atoms with Gasteiger partial charge >= 0.3 is 0 Å². The molecular weight excluding hydrogens is 198 g/mol. The molecule has 2 atom stereocenters. The van der Waals surface area contributed by atoms with Gasteiger partial charge in [-0.1, -0.05) is 12.5 Å². The summed E-state index contributed by atoms with van der Waals surface area (Å²) in [4.78, 5) is 4.49. The van der Waals surface area contributed by atoms with Crippen LogP contribution in [0.3, 0.4) is 0 Å². The van der Waals surface area contributed by atoms with Crippen molar-refractivity contribution in [1.82, 2.24) is 10.3 Å². The summed E-state index contributed by atoms with van der Waals surface area (Å²) >= 11 is 0. The van der Waals surface area contributed by atoms with Crippen LogP contribution in [-0.2, 0) is 6.54 Å². The average molecular weight is 219 g/mol. The van der Waals surface area contributed by atoms with Crippen molar-refractivity contribution in [2.45, 2.75) is 38.8 Å². The molecule has 1 aromatic heterocycles. The first kappa shape index (κ1) is 11.6. The highest BCUT2D eigenvalue weighted by atomic mass is 14.9. The third-order valence-corrected chi connectivity index (χ3v) is 3.45. The number of nitrogens with one attached hydrogen (secondary N) is 1. The minimum absolute atomic E-state index is 0.590. The Morgan fingerprint density at radius 3 is 3.06 bits per heavy atom. The molecule has 3 heteroatoms. The van der Waals surface area contributed by atoms with Crippen molar-refractivity contribution in [2.75, 3.05) is 6.54 Å². The molecule has 1 aliphatic carbocycles. The molecule has 0 saturated heterocycles. The minimum Gasteiger partial charge on any atom is -0.330 e. The molecule has 2 rings (SSSR count). The van der Waals surface area contributed by atoms with Gasteiger partial charge < -0.3 is 11.1 Å². The van der Waals surface area contributed by atoms with E-state index in [9.17, 15) is 0 Å². The molecule has 0 radical (unpaired) electrons. The molecule has 0 spiro atoms. The zero-order chi connectivity index (χ0) is 11.4. The Bertz CT molecular complexity index is 338. The first-order valence-corrected chi connectivity index (χ1v) is 6.15. The Morgan fingerprint density at radius 1 is 1.44 bits per heavy atom. The van der Waals surface area contributed by atoms with Gasteiger partial charge in [0.2, 0.25) is 0 Å². The summed E-state index contributed by atoms with van der Waals surface area (Å²) in [6.07, 6.45) is 3.84. The smallest absolute Gasteiger partial charge is 0.0544 e. The molecule has 16 heavy (non-hydrogen) atoms. The Morgan fingerprint density at radius 2 is 2.31 bits per heavy atom. The monoisotopic (exact) mass is 219 g/mol. The standard InChI is InChI=1S/C13H21N3/c1-10-4-2-6-12(16-10)9-15-13-7-3-5-11(13)8-14/h2,4,6,11,13,15H,3,5,7-9,14H2,1H3. The van der Waals surface area contributed by atoms with Gasteiger partial charge in [0.1, 0.15) is 0 Å². The lowest BCUT2D eigenvalue weighted by molar-refractivity contribution is 0.404. The number of aromatic nitrogens is 1. The van der Waals surface area contributed by atoms with Crippen LogP contribution in [0.4, 0.5) is 0 Å². The Labute approximate surface area is 97.5 Å². The first-order chi connectivity index (χ1) is 7.79. The van der Waals surface area contributed by atoms with Crippen molar-refractivity contribution < 1.29 is 0 Å². The Balaban J connectivity index is 1.87. The second-order valence-corrected chi connectivity index (χ2v) is 4.68.